The second kappa shape index (κ2) is 4.64. The fourth-order valence-electron chi connectivity index (χ4n) is 1.97. The zero-order chi connectivity index (χ0) is 11.6. The minimum absolute atomic E-state index is 0.0682. The van der Waals surface area contributed by atoms with Crippen LogP contribution in [0.15, 0.2) is 0 Å². The summed E-state index contributed by atoms with van der Waals surface area (Å²) in [7, 11) is 0. The predicted molar refractivity (Wildman–Crippen MR) is 56.3 cm³/mol. The lowest BCUT2D eigenvalue weighted by molar-refractivity contribution is -0.142. The maximum atomic E-state index is 11.7. The van der Waals surface area contributed by atoms with Gasteiger partial charge in [-0.3, -0.25) is 9.59 Å². The Morgan fingerprint density at radius 1 is 1.40 bits per heavy atom. The molecule has 2 unspecified atom stereocenters. The van der Waals surface area contributed by atoms with Crippen LogP contribution in [0.1, 0.15) is 27.2 Å². The van der Waals surface area contributed by atoms with Gasteiger partial charge in [0.15, 0.2) is 0 Å². The van der Waals surface area contributed by atoms with E-state index < -0.39 is 5.97 Å². The van der Waals surface area contributed by atoms with Crippen molar-refractivity contribution in [1.82, 2.24) is 4.90 Å². The largest absolute Gasteiger partial charge is 0.481 e. The molecule has 0 aromatic carbocycles. The summed E-state index contributed by atoms with van der Waals surface area (Å²) in [5.41, 5.74) is 0. The van der Waals surface area contributed by atoms with Crippen LogP contribution in [0, 0.1) is 17.8 Å². The van der Waals surface area contributed by atoms with Gasteiger partial charge in [0.25, 0.3) is 0 Å². The molecular formula is C11H19NO3. The number of hydrogen-bond acceptors (Lipinski definition) is 2. The van der Waals surface area contributed by atoms with Gasteiger partial charge in [-0.05, 0) is 11.8 Å². The van der Waals surface area contributed by atoms with Gasteiger partial charge in [0.1, 0.15) is 0 Å². The average molecular weight is 213 g/mol. The lowest BCUT2D eigenvalue weighted by atomic mass is 9.99. The summed E-state index contributed by atoms with van der Waals surface area (Å²) in [6.45, 7) is 6.84. The highest BCUT2D eigenvalue weighted by Gasteiger charge is 2.36. The van der Waals surface area contributed by atoms with E-state index >= 15 is 0 Å². The number of carboxylic acid groups (broad SMARTS) is 1. The molecule has 0 spiro atoms. The summed E-state index contributed by atoms with van der Waals surface area (Å²) in [4.78, 5) is 24.3. The van der Waals surface area contributed by atoms with Gasteiger partial charge in [-0.25, -0.2) is 0 Å². The van der Waals surface area contributed by atoms with Crippen molar-refractivity contribution in [2.24, 2.45) is 17.8 Å². The van der Waals surface area contributed by atoms with Gasteiger partial charge in [-0.1, -0.05) is 20.8 Å². The topological polar surface area (TPSA) is 57.6 Å². The summed E-state index contributed by atoms with van der Waals surface area (Å²) < 4.78 is 0. The standard InChI is InChI=1S/C11H19NO3/c1-7(2)4-10(13)12-5-8(3)9(6-12)11(14)15/h7-9H,4-6H2,1-3H3,(H,14,15). The molecule has 1 aliphatic heterocycles. The molecule has 1 saturated heterocycles. The fraction of sp³-hybridized carbons (Fsp3) is 0.818. The molecule has 1 amide bonds. The summed E-state index contributed by atoms with van der Waals surface area (Å²) in [5, 5.41) is 8.93. The molecule has 0 radical (unpaired) electrons. The van der Waals surface area contributed by atoms with Gasteiger partial charge in [0.2, 0.25) is 5.91 Å². The Bertz CT molecular complexity index is 263. The lowest BCUT2D eigenvalue weighted by Crippen LogP contribution is -2.30. The Morgan fingerprint density at radius 2 is 2.00 bits per heavy atom. The van der Waals surface area contributed by atoms with Crippen molar-refractivity contribution in [3.05, 3.63) is 0 Å². The number of amides is 1. The average Bonchev–Trinajstić information content (AvgIpc) is 2.46. The lowest BCUT2D eigenvalue weighted by Gasteiger charge is -2.16. The summed E-state index contributed by atoms with van der Waals surface area (Å²) in [6.07, 6.45) is 0.513. The molecule has 2 atom stereocenters. The van der Waals surface area contributed by atoms with Crippen LogP contribution in [0.5, 0.6) is 0 Å². The highest BCUT2D eigenvalue weighted by molar-refractivity contribution is 5.79. The Labute approximate surface area is 90.3 Å². The first-order valence-corrected chi connectivity index (χ1v) is 5.42. The Hall–Kier alpha value is -1.06. The van der Waals surface area contributed by atoms with Crippen LogP contribution in [0.25, 0.3) is 0 Å². The summed E-state index contributed by atoms with van der Waals surface area (Å²) >= 11 is 0. The molecule has 4 heteroatoms. The molecule has 0 aliphatic carbocycles. The van der Waals surface area contributed by atoms with E-state index in [1.54, 1.807) is 4.90 Å². The third-order valence-corrected chi connectivity index (χ3v) is 2.87. The molecule has 0 aromatic rings. The van der Waals surface area contributed by atoms with E-state index in [0.717, 1.165) is 0 Å². The van der Waals surface area contributed by atoms with Crippen molar-refractivity contribution in [2.75, 3.05) is 13.1 Å². The van der Waals surface area contributed by atoms with E-state index in [-0.39, 0.29) is 17.7 Å². The zero-order valence-electron chi connectivity index (χ0n) is 9.56. The van der Waals surface area contributed by atoms with Crippen LogP contribution in [-0.4, -0.2) is 35.0 Å². The number of aliphatic carboxylic acids is 1. The molecule has 1 fully saturated rings. The zero-order valence-corrected chi connectivity index (χ0v) is 9.56. The molecule has 1 aliphatic rings. The maximum absolute atomic E-state index is 11.7. The van der Waals surface area contributed by atoms with Gasteiger partial charge in [-0.15, -0.1) is 0 Å². The van der Waals surface area contributed by atoms with E-state index in [1.807, 2.05) is 20.8 Å². The molecule has 0 aromatic heterocycles. The van der Waals surface area contributed by atoms with Crippen molar-refractivity contribution < 1.29 is 14.7 Å². The van der Waals surface area contributed by atoms with Crippen molar-refractivity contribution >= 4 is 11.9 Å². The van der Waals surface area contributed by atoms with E-state index in [9.17, 15) is 9.59 Å². The minimum Gasteiger partial charge on any atom is -0.481 e. The molecule has 1 rings (SSSR count). The van der Waals surface area contributed by atoms with Crippen LogP contribution in [0.3, 0.4) is 0 Å². The van der Waals surface area contributed by atoms with Gasteiger partial charge in [0, 0.05) is 19.5 Å². The number of likely N-dealkylation sites (tertiary alicyclic amines) is 1. The molecule has 1 heterocycles. The SMILES string of the molecule is CC(C)CC(=O)N1CC(C)C(C(=O)O)C1. The van der Waals surface area contributed by atoms with Crippen molar-refractivity contribution in [3.8, 4) is 0 Å². The monoisotopic (exact) mass is 213 g/mol. The van der Waals surface area contributed by atoms with Crippen LogP contribution >= 0.6 is 0 Å². The van der Waals surface area contributed by atoms with Gasteiger partial charge in [-0.2, -0.15) is 0 Å². The van der Waals surface area contributed by atoms with Crippen molar-refractivity contribution in [1.29, 1.82) is 0 Å². The van der Waals surface area contributed by atoms with Gasteiger partial charge >= 0.3 is 5.97 Å². The third kappa shape index (κ3) is 2.94. The van der Waals surface area contributed by atoms with E-state index in [0.29, 0.717) is 25.4 Å². The number of carboxylic acids is 1. The van der Waals surface area contributed by atoms with Crippen LogP contribution in [0.4, 0.5) is 0 Å². The molecule has 86 valence electrons. The maximum Gasteiger partial charge on any atom is 0.308 e. The number of nitrogens with zero attached hydrogens (tertiary/aromatic N) is 1. The van der Waals surface area contributed by atoms with E-state index in [1.165, 1.54) is 0 Å². The van der Waals surface area contributed by atoms with Crippen molar-refractivity contribution in [2.45, 2.75) is 27.2 Å². The summed E-state index contributed by atoms with van der Waals surface area (Å²) in [6, 6.07) is 0. The number of rotatable bonds is 3. The highest BCUT2D eigenvalue weighted by Crippen LogP contribution is 2.24. The first-order valence-electron chi connectivity index (χ1n) is 5.42. The van der Waals surface area contributed by atoms with Crippen molar-refractivity contribution in [3.63, 3.8) is 0 Å². The van der Waals surface area contributed by atoms with Crippen LogP contribution in [-0.2, 0) is 9.59 Å². The molecule has 0 saturated carbocycles. The molecule has 15 heavy (non-hydrogen) atoms. The second-order valence-corrected chi connectivity index (χ2v) is 4.82. The Morgan fingerprint density at radius 3 is 2.40 bits per heavy atom. The molecule has 0 bridgehead atoms. The van der Waals surface area contributed by atoms with Crippen LogP contribution < -0.4 is 0 Å². The molecular weight excluding hydrogens is 194 g/mol. The normalized spacial score (nSPS) is 26.0. The second-order valence-electron chi connectivity index (χ2n) is 4.82. The van der Waals surface area contributed by atoms with E-state index in [2.05, 4.69) is 0 Å². The van der Waals surface area contributed by atoms with E-state index in [4.69, 9.17) is 5.11 Å². The Balaban J connectivity index is 2.54. The smallest absolute Gasteiger partial charge is 0.308 e. The number of hydrogen-bond donors (Lipinski definition) is 1. The molecule has 4 nitrogen and oxygen atoms in total. The first-order chi connectivity index (χ1) is 6.91. The summed E-state index contributed by atoms with van der Waals surface area (Å²) in [5.74, 6) is -0.695. The third-order valence-electron chi connectivity index (χ3n) is 2.87. The van der Waals surface area contributed by atoms with Gasteiger partial charge < -0.3 is 10.0 Å². The number of carbonyl (C=O) groups excluding carboxylic acids is 1. The minimum atomic E-state index is -0.789. The predicted octanol–water partition coefficient (Wildman–Crippen LogP) is 1.21. The highest BCUT2D eigenvalue weighted by atomic mass is 16.4. The quantitative estimate of drug-likeness (QED) is 0.766. The number of carbonyl (C=O) groups is 2. The van der Waals surface area contributed by atoms with Gasteiger partial charge in [0.05, 0.1) is 5.92 Å². The fourth-order valence-corrected chi connectivity index (χ4v) is 1.97. The van der Waals surface area contributed by atoms with Crippen LogP contribution in [0.2, 0.25) is 0 Å². The first kappa shape index (κ1) is 12.0. The molecule has 1 N–H and O–H groups in total. The Kier molecular flexibility index (Phi) is 3.72.